The third-order valence-corrected chi connectivity index (χ3v) is 7.73. The lowest BCUT2D eigenvalue weighted by Gasteiger charge is -2.58. The molecule has 5 aliphatic heterocycles. The van der Waals surface area contributed by atoms with Gasteiger partial charge < -0.3 is 4.90 Å². The molecule has 7 rings (SSSR count). The molecule has 0 aromatic heterocycles. The maximum absolute atomic E-state index is 13.7. The third kappa shape index (κ3) is 1.12. The number of hydrogen-bond acceptors (Lipinski definition) is 3. The van der Waals surface area contributed by atoms with Crippen LogP contribution < -0.4 is 4.90 Å². The van der Waals surface area contributed by atoms with Crippen LogP contribution in [0.15, 0.2) is 35.9 Å². The molecule has 5 bridgehead atoms. The van der Waals surface area contributed by atoms with Crippen molar-refractivity contribution in [1.82, 2.24) is 4.90 Å². The molecule has 23 heavy (non-hydrogen) atoms. The van der Waals surface area contributed by atoms with Gasteiger partial charge in [-0.15, -0.1) is 0 Å². The molecular formula is C20H22N2O. The minimum Gasteiger partial charge on any atom is -0.368 e. The number of carbonyl (C=O) groups is 1. The van der Waals surface area contributed by atoms with E-state index in [1.165, 1.54) is 23.2 Å². The summed E-state index contributed by atoms with van der Waals surface area (Å²) in [5, 5.41) is 0. The number of benzene rings is 1. The summed E-state index contributed by atoms with van der Waals surface area (Å²) in [4.78, 5) is 18.9. The first-order valence-electron chi connectivity index (χ1n) is 8.96. The number of rotatable bonds is 0. The average Bonchev–Trinajstić information content (AvgIpc) is 2.98. The van der Waals surface area contributed by atoms with E-state index in [9.17, 15) is 4.79 Å². The maximum atomic E-state index is 13.7. The number of piperidine rings is 4. The number of allylic oxidation sites excluding steroid dienone is 1. The fraction of sp³-hybridized carbons (Fsp3) is 0.550. The molecular weight excluding hydrogens is 284 g/mol. The largest absolute Gasteiger partial charge is 0.368 e. The number of hydrogen-bond donors (Lipinski definition) is 0. The van der Waals surface area contributed by atoms with Crippen LogP contribution in [0.2, 0.25) is 0 Å². The highest BCUT2D eigenvalue weighted by Gasteiger charge is 2.74. The number of carbonyl (C=O) groups excluding carboxylic acids is 1. The Morgan fingerprint density at radius 1 is 1.26 bits per heavy atom. The van der Waals surface area contributed by atoms with Gasteiger partial charge in [0.25, 0.3) is 0 Å². The molecule has 1 aromatic rings. The molecule has 6 aliphatic rings. The monoisotopic (exact) mass is 306 g/mol. The summed E-state index contributed by atoms with van der Waals surface area (Å²) in [5.41, 5.74) is 3.91. The quantitative estimate of drug-likeness (QED) is 0.688. The Bertz CT molecular complexity index is 784. The Morgan fingerprint density at radius 2 is 2.09 bits per heavy atom. The van der Waals surface area contributed by atoms with Crippen LogP contribution in [0.3, 0.4) is 0 Å². The van der Waals surface area contributed by atoms with Gasteiger partial charge >= 0.3 is 0 Å². The highest BCUT2D eigenvalue weighted by Crippen LogP contribution is 2.66. The van der Waals surface area contributed by atoms with E-state index in [0.29, 0.717) is 29.8 Å². The second kappa shape index (κ2) is 3.72. The number of fused-ring (bicyclic) bond motifs is 2. The molecule has 7 atom stereocenters. The van der Waals surface area contributed by atoms with Gasteiger partial charge in [-0.3, -0.25) is 9.69 Å². The molecule has 5 fully saturated rings. The second-order valence-corrected chi connectivity index (χ2v) is 8.15. The highest BCUT2D eigenvalue weighted by atomic mass is 16.1. The Morgan fingerprint density at radius 3 is 2.91 bits per heavy atom. The minimum atomic E-state index is -0.222. The number of nitrogens with zero attached hydrogens (tertiary/aromatic N) is 2. The van der Waals surface area contributed by atoms with Gasteiger partial charge in [0, 0.05) is 37.3 Å². The summed E-state index contributed by atoms with van der Waals surface area (Å²) in [5.74, 6) is 1.31. The Balaban J connectivity index is 1.64. The molecule has 118 valence electrons. The zero-order chi connectivity index (χ0) is 15.5. The van der Waals surface area contributed by atoms with Crippen molar-refractivity contribution in [3.05, 3.63) is 41.5 Å². The van der Waals surface area contributed by atoms with Gasteiger partial charge in [0.1, 0.15) is 0 Å². The van der Waals surface area contributed by atoms with Crippen molar-refractivity contribution in [3.8, 4) is 0 Å². The maximum Gasteiger partial charge on any atom is 0.150 e. The molecule has 1 aliphatic carbocycles. The van der Waals surface area contributed by atoms with Crippen molar-refractivity contribution < 1.29 is 4.79 Å². The molecule has 1 saturated carbocycles. The van der Waals surface area contributed by atoms with Crippen LogP contribution in [0, 0.1) is 11.8 Å². The number of anilines is 1. The van der Waals surface area contributed by atoms with Crippen molar-refractivity contribution in [3.63, 3.8) is 0 Å². The lowest BCUT2D eigenvalue weighted by atomic mass is 9.65. The molecule has 3 heteroatoms. The van der Waals surface area contributed by atoms with E-state index < -0.39 is 0 Å². The summed E-state index contributed by atoms with van der Waals surface area (Å²) >= 11 is 0. The minimum absolute atomic E-state index is 0.222. The third-order valence-electron chi connectivity index (χ3n) is 7.73. The van der Waals surface area contributed by atoms with Crippen LogP contribution in [0.1, 0.15) is 25.3 Å². The van der Waals surface area contributed by atoms with Crippen molar-refractivity contribution in [2.45, 2.75) is 43.3 Å². The lowest BCUT2D eigenvalue weighted by molar-refractivity contribution is -0.126. The molecule has 7 unspecified atom stereocenters. The van der Waals surface area contributed by atoms with Crippen LogP contribution >= 0.6 is 0 Å². The topological polar surface area (TPSA) is 23.6 Å². The smallest absolute Gasteiger partial charge is 0.150 e. The van der Waals surface area contributed by atoms with Gasteiger partial charge in [0.2, 0.25) is 0 Å². The Labute approximate surface area is 137 Å². The predicted molar refractivity (Wildman–Crippen MR) is 89.6 cm³/mol. The number of para-hydroxylation sites is 1. The molecule has 0 amide bonds. The molecule has 0 radical (unpaired) electrons. The first-order chi connectivity index (χ1) is 11.2. The van der Waals surface area contributed by atoms with Crippen molar-refractivity contribution in [2.75, 3.05) is 18.5 Å². The fourth-order valence-corrected chi connectivity index (χ4v) is 7.05. The van der Waals surface area contributed by atoms with Gasteiger partial charge in [0.05, 0.1) is 11.5 Å². The zero-order valence-corrected chi connectivity index (χ0v) is 13.7. The van der Waals surface area contributed by atoms with Crippen LogP contribution in [0.4, 0.5) is 5.69 Å². The van der Waals surface area contributed by atoms with Crippen LogP contribution in [0.25, 0.3) is 0 Å². The SMILES string of the molecule is C/C=C1\CN2C3CC45C(=O)C3C1CC2C4N(C)c1ccccc15. The number of likely N-dealkylation sites (N-methyl/N-ethyl adjacent to an activating group) is 1. The van der Waals surface area contributed by atoms with E-state index in [1.54, 1.807) is 0 Å². The molecule has 1 aromatic carbocycles. The van der Waals surface area contributed by atoms with Crippen LogP contribution in [0.5, 0.6) is 0 Å². The van der Waals surface area contributed by atoms with Crippen LogP contribution in [-0.2, 0) is 10.2 Å². The number of Topliss-reactive ketones (excluding diaryl/α,β-unsaturated/α-hetero) is 1. The predicted octanol–water partition coefficient (Wildman–Crippen LogP) is 2.36. The van der Waals surface area contributed by atoms with Crippen LogP contribution in [-0.4, -0.2) is 42.4 Å². The number of ketones is 1. The first kappa shape index (κ1) is 12.8. The van der Waals surface area contributed by atoms with Gasteiger partial charge in [-0.25, -0.2) is 0 Å². The van der Waals surface area contributed by atoms with E-state index in [-0.39, 0.29) is 11.3 Å². The zero-order valence-electron chi connectivity index (χ0n) is 13.7. The van der Waals surface area contributed by atoms with Crippen molar-refractivity contribution in [1.29, 1.82) is 0 Å². The Kier molecular flexibility index (Phi) is 2.07. The van der Waals surface area contributed by atoms with E-state index >= 15 is 0 Å². The molecule has 5 heterocycles. The van der Waals surface area contributed by atoms with Gasteiger partial charge in [-0.1, -0.05) is 29.8 Å². The fourth-order valence-electron chi connectivity index (χ4n) is 7.05. The lowest BCUT2D eigenvalue weighted by Crippen LogP contribution is -2.68. The van der Waals surface area contributed by atoms with Crippen molar-refractivity contribution in [2.24, 2.45) is 11.8 Å². The molecule has 4 saturated heterocycles. The second-order valence-electron chi connectivity index (χ2n) is 8.15. The standard InChI is InChI=1S/C20H22N2O/c1-3-11-10-22-15-8-12(11)17-16(22)9-20(19(17)23)13-6-4-5-7-14(13)21(2)18(15)20/h3-7,12,15-18H,8-10H2,1-2H3/b11-3+. The summed E-state index contributed by atoms with van der Waals surface area (Å²) < 4.78 is 0. The summed E-state index contributed by atoms with van der Waals surface area (Å²) in [6, 6.07) is 10.0. The van der Waals surface area contributed by atoms with E-state index in [0.717, 1.165) is 13.0 Å². The Hall–Kier alpha value is -1.61. The van der Waals surface area contributed by atoms with E-state index in [4.69, 9.17) is 0 Å². The molecule has 0 N–H and O–H groups in total. The molecule has 3 nitrogen and oxygen atoms in total. The summed E-state index contributed by atoms with van der Waals surface area (Å²) in [6.45, 7) is 3.24. The van der Waals surface area contributed by atoms with Gasteiger partial charge in [-0.05, 0) is 37.3 Å². The average molecular weight is 306 g/mol. The normalized spacial score (nSPS) is 49.9. The summed E-state index contributed by atoms with van der Waals surface area (Å²) in [7, 11) is 2.21. The van der Waals surface area contributed by atoms with E-state index in [2.05, 4.69) is 54.1 Å². The first-order valence-corrected chi connectivity index (χ1v) is 8.96. The van der Waals surface area contributed by atoms with E-state index in [1.807, 2.05) is 0 Å². The summed E-state index contributed by atoms with van der Waals surface area (Å²) in [6.07, 6.45) is 4.50. The molecule has 1 spiro atoms. The highest BCUT2D eigenvalue weighted by molar-refractivity contribution is 6.01. The van der Waals surface area contributed by atoms with Gasteiger partial charge in [0.15, 0.2) is 5.78 Å². The van der Waals surface area contributed by atoms with Crippen molar-refractivity contribution >= 4 is 11.5 Å². The van der Waals surface area contributed by atoms with Gasteiger partial charge in [-0.2, -0.15) is 0 Å².